The molecule has 0 N–H and O–H groups in total. The summed E-state index contributed by atoms with van der Waals surface area (Å²) in [7, 11) is 1.60. The van der Waals surface area contributed by atoms with Crippen LogP contribution in [0.4, 0.5) is 5.13 Å². The third-order valence-electron chi connectivity index (χ3n) is 5.17. The van der Waals surface area contributed by atoms with Crippen molar-refractivity contribution in [1.29, 1.82) is 0 Å². The van der Waals surface area contributed by atoms with Gasteiger partial charge < -0.3 is 14.5 Å². The van der Waals surface area contributed by atoms with Gasteiger partial charge in [0, 0.05) is 26.2 Å². The molecule has 0 radical (unpaired) electrons. The predicted molar refractivity (Wildman–Crippen MR) is 110 cm³/mol. The Bertz CT molecular complexity index is 951. The van der Waals surface area contributed by atoms with Crippen molar-refractivity contribution in [1.82, 2.24) is 9.88 Å². The summed E-state index contributed by atoms with van der Waals surface area (Å²) in [6.45, 7) is 7.21. The number of hydrogen-bond acceptors (Lipinski definition) is 5. The molecule has 2 aromatic carbocycles. The second-order valence-electron chi connectivity index (χ2n) is 6.88. The van der Waals surface area contributed by atoms with E-state index in [-0.39, 0.29) is 5.91 Å². The Balaban J connectivity index is 1.48. The lowest BCUT2D eigenvalue weighted by atomic mass is 10.1. The summed E-state index contributed by atoms with van der Waals surface area (Å²) < 4.78 is 6.56. The van der Waals surface area contributed by atoms with Gasteiger partial charge in [0.05, 0.1) is 22.9 Å². The number of amides is 1. The molecule has 0 saturated carbocycles. The number of aryl methyl sites for hydroxylation is 2. The minimum Gasteiger partial charge on any atom is -0.496 e. The van der Waals surface area contributed by atoms with Gasteiger partial charge in [-0.05, 0) is 49.2 Å². The molecule has 4 rings (SSSR count). The lowest BCUT2D eigenvalue weighted by Gasteiger charge is -2.34. The van der Waals surface area contributed by atoms with Crippen molar-refractivity contribution in [2.75, 3.05) is 38.2 Å². The van der Waals surface area contributed by atoms with E-state index >= 15 is 0 Å². The first kappa shape index (κ1) is 17.8. The van der Waals surface area contributed by atoms with E-state index < -0.39 is 0 Å². The maximum Gasteiger partial charge on any atom is 0.257 e. The standard InChI is InChI=1S/C21H23N3O2S/c1-14-12-17-19(13-15(14)2)27-21(22-17)24-10-8-23(9-11-24)20(25)16-6-4-5-7-18(16)26-3/h4-7,12-13H,8-11H2,1-3H3. The van der Waals surface area contributed by atoms with Crippen LogP contribution in [0.3, 0.4) is 0 Å². The van der Waals surface area contributed by atoms with E-state index in [4.69, 9.17) is 9.72 Å². The number of carbonyl (C=O) groups is 1. The minimum atomic E-state index is 0.0302. The number of piperazine rings is 1. The Hall–Kier alpha value is -2.60. The lowest BCUT2D eigenvalue weighted by molar-refractivity contribution is 0.0743. The first-order chi connectivity index (χ1) is 13.1. The monoisotopic (exact) mass is 381 g/mol. The van der Waals surface area contributed by atoms with Gasteiger partial charge >= 0.3 is 0 Å². The van der Waals surface area contributed by atoms with Crippen LogP contribution < -0.4 is 9.64 Å². The second-order valence-corrected chi connectivity index (χ2v) is 7.89. The molecule has 140 valence electrons. The molecule has 27 heavy (non-hydrogen) atoms. The molecule has 0 unspecified atom stereocenters. The van der Waals surface area contributed by atoms with Crippen LogP contribution in [0.25, 0.3) is 10.2 Å². The van der Waals surface area contributed by atoms with E-state index in [0.717, 1.165) is 23.7 Å². The Kier molecular flexibility index (Phi) is 4.74. The maximum absolute atomic E-state index is 12.9. The van der Waals surface area contributed by atoms with Gasteiger partial charge in [-0.3, -0.25) is 4.79 Å². The number of para-hydroxylation sites is 1. The van der Waals surface area contributed by atoms with Gasteiger partial charge in [-0.25, -0.2) is 4.98 Å². The van der Waals surface area contributed by atoms with Crippen LogP contribution in [-0.4, -0.2) is 49.1 Å². The first-order valence-corrected chi connectivity index (χ1v) is 9.93. The summed E-state index contributed by atoms with van der Waals surface area (Å²) >= 11 is 1.73. The fourth-order valence-corrected chi connectivity index (χ4v) is 4.49. The molecule has 0 aliphatic carbocycles. The highest BCUT2D eigenvalue weighted by Gasteiger charge is 2.25. The largest absolute Gasteiger partial charge is 0.496 e. The number of ether oxygens (including phenoxy) is 1. The molecule has 3 aromatic rings. The molecule has 0 atom stereocenters. The number of methoxy groups -OCH3 is 1. The Morgan fingerprint density at radius 2 is 1.78 bits per heavy atom. The fraction of sp³-hybridized carbons (Fsp3) is 0.333. The fourth-order valence-electron chi connectivity index (χ4n) is 3.40. The smallest absolute Gasteiger partial charge is 0.257 e. The SMILES string of the molecule is COc1ccccc1C(=O)N1CCN(c2nc3cc(C)c(C)cc3s2)CC1. The van der Waals surface area contributed by atoms with E-state index in [0.29, 0.717) is 24.4 Å². The minimum absolute atomic E-state index is 0.0302. The zero-order valence-electron chi connectivity index (χ0n) is 15.9. The molecule has 5 nitrogen and oxygen atoms in total. The number of benzene rings is 2. The van der Waals surface area contributed by atoms with Crippen molar-refractivity contribution in [3.05, 3.63) is 53.1 Å². The highest BCUT2D eigenvalue weighted by atomic mass is 32.1. The summed E-state index contributed by atoms with van der Waals surface area (Å²) in [5, 5.41) is 1.04. The summed E-state index contributed by atoms with van der Waals surface area (Å²) in [6, 6.07) is 11.8. The van der Waals surface area contributed by atoms with Crippen LogP contribution in [-0.2, 0) is 0 Å². The molecule has 1 fully saturated rings. The van der Waals surface area contributed by atoms with Crippen molar-refractivity contribution in [3.63, 3.8) is 0 Å². The second kappa shape index (κ2) is 7.19. The van der Waals surface area contributed by atoms with E-state index in [1.807, 2.05) is 29.2 Å². The van der Waals surface area contributed by atoms with Crippen molar-refractivity contribution in [2.45, 2.75) is 13.8 Å². The molecule has 6 heteroatoms. The molecule has 2 heterocycles. The normalized spacial score (nSPS) is 14.6. The molecule has 1 aromatic heterocycles. The number of aromatic nitrogens is 1. The molecule has 1 aliphatic heterocycles. The zero-order valence-corrected chi connectivity index (χ0v) is 16.7. The summed E-state index contributed by atoms with van der Waals surface area (Å²) in [5.41, 5.74) is 4.25. The zero-order chi connectivity index (χ0) is 19.0. The van der Waals surface area contributed by atoms with Crippen molar-refractivity contribution >= 4 is 32.6 Å². The third kappa shape index (κ3) is 3.37. The highest BCUT2D eigenvalue weighted by Crippen LogP contribution is 2.31. The van der Waals surface area contributed by atoms with Crippen LogP contribution in [0.15, 0.2) is 36.4 Å². The van der Waals surface area contributed by atoms with Crippen LogP contribution in [0.2, 0.25) is 0 Å². The number of hydrogen-bond donors (Lipinski definition) is 0. The van der Waals surface area contributed by atoms with Gasteiger partial charge in [-0.15, -0.1) is 0 Å². The highest BCUT2D eigenvalue weighted by molar-refractivity contribution is 7.22. The van der Waals surface area contributed by atoms with E-state index in [1.54, 1.807) is 18.4 Å². The Labute approximate surface area is 163 Å². The number of anilines is 1. The van der Waals surface area contributed by atoms with Crippen LogP contribution in [0, 0.1) is 13.8 Å². The van der Waals surface area contributed by atoms with Gasteiger partial charge in [0.25, 0.3) is 5.91 Å². The number of fused-ring (bicyclic) bond motifs is 1. The number of rotatable bonds is 3. The van der Waals surface area contributed by atoms with E-state index in [2.05, 4.69) is 30.9 Å². The predicted octanol–water partition coefficient (Wildman–Crippen LogP) is 3.88. The van der Waals surface area contributed by atoms with Gasteiger partial charge in [-0.2, -0.15) is 0 Å². The Morgan fingerprint density at radius 3 is 2.52 bits per heavy atom. The molecular formula is C21H23N3O2S. The average Bonchev–Trinajstić information content (AvgIpc) is 3.10. The van der Waals surface area contributed by atoms with Crippen LogP contribution in [0.5, 0.6) is 5.75 Å². The first-order valence-electron chi connectivity index (χ1n) is 9.12. The molecule has 1 aliphatic rings. The number of thiazole rings is 1. The molecule has 0 spiro atoms. The molecule has 0 bridgehead atoms. The number of carbonyl (C=O) groups excluding carboxylic acids is 1. The topological polar surface area (TPSA) is 45.7 Å². The Morgan fingerprint density at radius 1 is 1.07 bits per heavy atom. The van der Waals surface area contributed by atoms with Gasteiger partial charge in [0.1, 0.15) is 5.75 Å². The van der Waals surface area contributed by atoms with Crippen molar-refractivity contribution in [2.24, 2.45) is 0 Å². The molecule has 1 amide bonds. The van der Waals surface area contributed by atoms with E-state index in [9.17, 15) is 4.79 Å². The summed E-state index contributed by atoms with van der Waals surface area (Å²) in [5.74, 6) is 0.657. The van der Waals surface area contributed by atoms with Gasteiger partial charge in [0.2, 0.25) is 0 Å². The third-order valence-corrected chi connectivity index (χ3v) is 6.25. The van der Waals surface area contributed by atoms with Gasteiger partial charge in [-0.1, -0.05) is 23.5 Å². The summed E-state index contributed by atoms with van der Waals surface area (Å²) in [6.07, 6.45) is 0. The van der Waals surface area contributed by atoms with Crippen LogP contribution in [0.1, 0.15) is 21.5 Å². The molecular weight excluding hydrogens is 358 g/mol. The van der Waals surface area contributed by atoms with Crippen molar-refractivity contribution < 1.29 is 9.53 Å². The van der Waals surface area contributed by atoms with Gasteiger partial charge in [0.15, 0.2) is 5.13 Å². The van der Waals surface area contributed by atoms with Crippen molar-refractivity contribution in [3.8, 4) is 5.75 Å². The quantitative estimate of drug-likeness (QED) is 0.691. The summed E-state index contributed by atoms with van der Waals surface area (Å²) in [4.78, 5) is 21.8. The average molecular weight is 382 g/mol. The molecule has 1 saturated heterocycles. The van der Waals surface area contributed by atoms with Crippen LogP contribution >= 0.6 is 11.3 Å². The van der Waals surface area contributed by atoms with E-state index in [1.165, 1.54) is 15.8 Å². The maximum atomic E-state index is 12.9. The number of nitrogens with zero attached hydrogens (tertiary/aromatic N) is 3. The lowest BCUT2D eigenvalue weighted by Crippen LogP contribution is -2.48.